The number of fused-ring (bicyclic) bond motifs is 1. The number of thiazole rings is 1. The van der Waals surface area contributed by atoms with Crippen molar-refractivity contribution in [3.8, 4) is 10.7 Å². The number of para-hydroxylation sites is 1. The highest BCUT2D eigenvalue weighted by Gasteiger charge is 2.27. The molecule has 7 nitrogen and oxygen atoms in total. The first-order valence-corrected chi connectivity index (χ1v) is 10.8. The van der Waals surface area contributed by atoms with E-state index in [9.17, 15) is 4.79 Å². The average molecular weight is 420 g/mol. The Labute approximate surface area is 177 Å². The standard InChI is InChI=1S/C22H21N5O2S/c28-21(25-14-16(17-7-5-13-29-17)27-11-3-4-12-27)19-20(24-10-9-23-19)22-26-15-6-1-2-8-18(15)30-22/h1-2,5-10,13,16H,3-4,11-12,14H2,(H,25,28). The van der Waals surface area contributed by atoms with Gasteiger partial charge in [0.2, 0.25) is 0 Å². The number of likely N-dealkylation sites (tertiary alicyclic amines) is 1. The quantitative estimate of drug-likeness (QED) is 0.510. The van der Waals surface area contributed by atoms with Crippen LogP contribution in [-0.2, 0) is 0 Å². The van der Waals surface area contributed by atoms with Crippen molar-refractivity contribution < 1.29 is 9.21 Å². The van der Waals surface area contributed by atoms with Gasteiger partial charge in [-0.2, -0.15) is 0 Å². The Morgan fingerprint density at radius 2 is 1.97 bits per heavy atom. The highest BCUT2D eigenvalue weighted by atomic mass is 32.1. The Morgan fingerprint density at radius 1 is 1.13 bits per heavy atom. The maximum absolute atomic E-state index is 13.1. The monoisotopic (exact) mass is 419 g/mol. The molecule has 0 spiro atoms. The van der Waals surface area contributed by atoms with Gasteiger partial charge in [-0.25, -0.2) is 15.0 Å². The highest BCUT2D eigenvalue weighted by molar-refractivity contribution is 7.21. The molecule has 0 saturated carbocycles. The average Bonchev–Trinajstić information content (AvgIpc) is 3.55. The van der Waals surface area contributed by atoms with Gasteiger partial charge in [0.05, 0.1) is 22.5 Å². The molecule has 4 aromatic rings. The van der Waals surface area contributed by atoms with Crippen molar-refractivity contribution in [2.75, 3.05) is 19.6 Å². The molecule has 3 aromatic heterocycles. The lowest BCUT2D eigenvalue weighted by molar-refractivity contribution is 0.0929. The Morgan fingerprint density at radius 3 is 2.77 bits per heavy atom. The normalized spacial score (nSPS) is 15.5. The van der Waals surface area contributed by atoms with Crippen molar-refractivity contribution in [2.45, 2.75) is 18.9 Å². The number of carbonyl (C=O) groups excluding carboxylic acids is 1. The molecule has 0 aliphatic carbocycles. The fraction of sp³-hybridized carbons (Fsp3) is 0.273. The van der Waals surface area contributed by atoms with E-state index < -0.39 is 0 Å². The second-order valence-corrected chi connectivity index (χ2v) is 8.26. The van der Waals surface area contributed by atoms with Crippen LogP contribution < -0.4 is 5.32 Å². The zero-order chi connectivity index (χ0) is 20.3. The van der Waals surface area contributed by atoms with Crippen LogP contribution in [0.2, 0.25) is 0 Å². The van der Waals surface area contributed by atoms with Gasteiger partial charge in [0.1, 0.15) is 16.5 Å². The van der Waals surface area contributed by atoms with Crippen molar-refractivity contribution in [2.24, 2.45) is 0 Å². The van der Waals surface area contributed by atoms with Gasteiger partial charge in [0, 0.05) is 18.9 Å². The summed E-state index contributed by atoms with van der Waals surface area (Å²) >= 11 is 1.51. The summed E-state index contributed by atoms with van der Waals surface area (Å²) in [4.78, 5) is 28.8. The Hall–Kier alpha value is -3.10. The molecule has 1 N–H and O–H groups in total. The molecule has 1 aliphatic heterocycles. The number of nitrogens with one attached hydrogen (secondary N) is 1. The van der Waals surface area contributed by atoms with Crippen LogP contribution in [0, 0.1) is 0 Å². The van der Waals surface area contributed by atoms with E-state index in [0.717, 1.165) is 41.9 Å². The lowest BCUT2D eigenvalue weighted by Crippen LogP contribution is -2.37. The van der Waals surface area contributed by atoms with E-state index in [0.29, 0.717) is 17.2 Å². The minimum Gasteiger partial charge on any atom is -0.468 e. The summed E-state index contributed by atoms with van der Waals surface area (Å²) in [5.74, 6) is 0.607. The van der Waals surface area contributed by atoms with Gasteiger partial charge >= 0.3 is 0 Å². The molecule has 1 atom stereocenters. The molecule has 1 amide bonds. The predicted octanol–water partition coefficient (Wildman–Crippen LogP) is 3.91. The van der Waals surface area contributed by atoms with Gasteiger partial charge in [-0.15, -0.1) is 11.3 Å². The first kappa shape index (κ1) is 18.9. The van der Waals surface area contributed by atoms with E-state index in [-0.39, 0.29) is 17.6 Å². The fourth-order valence-electron chi connectivity index (χ4n) is 3.85. The maximum Gasteiger partial charge on any atom is 0.272 e. The molecule has 4 heterocycles. The van der Waals surface area contributed by atoms with Crippen LogP contribution in [0.15, 0.2) is 59.5 Å². The van der Waals surface area contributed by atoms with Crippen LogP contribution in [0.4, 0.5) is 0 Å². The highest BCUT2D eigenvalue weighted by Crippen LogP contribution is 2.30. The fourth-order valence-corrected chi connectivity index (χ4v) is 4.81. The minimum atomic E-state index is -0.256. The summed E-state index contributed by atoms with van der Waals surface area (Å²) < 4.78 is 6.70. The maximum atomic E-state index is 13.1. The minimum absolute atomic E-state index is 0.00835. The molecule has 30 heavy (non-hydrogen) atoms. The summed E-state index contributed by atoms with van der Waals surface area (Å²) in [6.45, 7) is 2.45. The van der Waals surface area contributed by atoms with Crippen LogP contribution in [0.5, 0.6) is 0 Å². The zero-order valence-electron chi connectivity index (χ0n) is 16.3. The molecule has 5 rings (SSSR count). The molecule has 1 aliphatic rings. The first-order chi connectivity index (χ1) is 14.8. The van der Waals surface area contributed by atoms with Crippen LogP contribution >= 0.6 is 11.3 Å². The van der Waals surface area contributed by atoms with Gasteiger partial charge in [-0.05, 0) is 50.2 Å². The summed E-state index contributed by atoms with van der Waals surface area (Å²) in [5, 5.41) is 3.73. The van der Waals surface area contributed by atoms with Gasteiger partial charge in [0.15, 0.2) is 5.69 Å². The number of furan rings is 1. The Kier molecular flexibility index (Phi) is 5.25. The topological polar surface area (TPSA) is 84.2 Å². The second kappa shape index (κ2) is 8.33. The first-order valence-electron chi connectivity index (χ1n) is 10.0. The molecular weight excluding hydrogens is 398 g/mol. The van der Waals surface area contributed by atoms with Crippen LogP contribution in [0.25, 0.3) is 20.9 Å². The van der Waals surface area contributed by atoms with Crippen molar-refractivity contribution >= 4 is 27.5 Å². The second-order valence-electron chi connectivity index (χ2n) is 7.22. The SMILES string of the molecule is O=C(NCC(c1ccco1)N1CCCC1)c1nccnc1-c1nc2ccccc2s1. The Bertz CT molecular complexity index is 1120. The number of rotatable bonds is 6. The van der Waals surface area contributed by atoms with E-state index in [1.165, 1.54) is 17.5 Å². The summed E-state index contributed by atoms with van der Waals surface area (Å²) in [5.41, 5.74) is 1.68. The van der Waals surface area contributed by atoms with E-state index in [1.807, 2.05) is 36.4 Å². The summed E-state index contributed by atoms with van der Waals surface area (Å²) in [7, 11) is 0. The molecule has 1 saturated heterocycles. The lowest BCUT2D eigenvalue weighted by Gasteiger charge is -2.26. The largest absolute Gasteiger partial charge is 0.468 e. The van der Waals surface area contributed by atoms with E-state index in [2.05, 4.69) is 25.2 Å². The zero-order valence-corrected chi connectivity index (χ0v) is 17.1. The van der Waals surface area contributed by atoms with Gasteiger partial charge in [-0.3, -0.25) is 9.69 Å². The third kappa shape index (κ3) is 3.71. The molecule has 152 valence electrons. The molecule has 8 heteroatoms. The third-order valence-corrected chi connectivity index (χ3v) is 6.36. The number of hydrogen-bond acceptors (Lipinski definition) is 7. The van der Waals surface area contributed by atoms with Crippen molar-refractivity contribution in [3.05, 3.63) is 66.5 Å². The molecular formula is C22H21N5O2S. The number of aromatic nitrogens is 3. The lowest BCUT2D eigenvalue weighted by atomic mass is 10.2. The van der Waals surface area contributed by atoms with Gasteiger partial charge in [0.25, 0.3) is 5.91 Å². The third-order valence-electron chi connectivity index (χ3n) is 5.32. The van der Waals surface area contributed by atoms with Gasteiger partial charge in [-0.1, -0.05) is 12.1 Å². The van der Waals surface area contributed by atoms with Crippen molar-refractivity contribution in [3.63, 3.8) is 0 Å². The molecule has 0 radical (unpaired) electrons. The van der Waals surface area contributed by atoms with E-state index in [4.69, 9.17) is 4.42 Å². The summed E-state index contributed by atoms with van der Waals surface area (Å²) in [6, 6.07) is 11.7. The van der Waals surface area contributed by atoms with Gasteiger partial charge < -0.3 is 9.73 Å². The number of benzene rings is 1. The van der Waals surface area contributed by atoms with Crippen molar-refractivity contribution in [1.82, 2.24) is 25.2 Å². The van der Waals surface area contributed by atoms with Crippen molar-refractivity contribution in [1.29, 1.82) is 0 Å². The number of amides is 1. The van der Waals surface area contributed by atoms with E-state index in [1.54, 1.807) is 12.5 Å². The van der Waals surface area contributed by atoms with E-state index >= 15 is 0 Å². The number of nitrogens with zero attached hydrogens (tertiary/aromatic N) is 4. The summed E-state index contributed by atoms with van der Waals surface area (Å²) in [6.07, 6.45) is 7.13. The smallest absolute Gasteiger partial charge is 0.272 e. The molecule has 1 unspecified atom stereocenters. The molecule has 1 fully saturated rings. The van der Waals surface area contributed by atoms with Crippen LogP contribution in [0.3, 0.4) is 0 Å². The number of carbonyl (C=O) groups is 1. The predicted molar refractivity (Wildman–Crippen MR) is 115 cm³/mol. The van der Waals surface area contributed by atoms with Crippen LogP contribution in [0.1, 0.15) is 35.1 Å². The molecule has 1 aromatic carbocycles. The Balaban J connectivity index is 1.38. The molecule has 0 bridgehead atoms. The number of hydrogen-bond donors (Lipinski definition) is 1. The van der Waals surface area contributed by atoms with Crippen LogP contribution in [-0.4, -0.2) is 45.4 Å².